The fourth-order valence-electron chi connectivity index (χ4n) is 1.77. The van der Waals surface area contributed by atoms with E-state index in [1.54, 1.807) is 18.2 Å². The van der Waals surface area contributed by atoms with Crippen LogP contribution in [0.25, 0.3) is 0 Å². The molecule has 5 nitrogen and oxygen atoms in total. The Labute approximate surface area is 111 Å². The number of nitrogens with two attached hydrogens (primary N) is 1. The molecule has 0 bridgehead atoms. The number of sulfonamides is 1. The van der Waals surface area contributed by atoms with Gasteiger partial charge in [0.05, 0.1) is 17.3 Å². The highest BCUT2D eigenvalue weighted by Gasteiger charge is 2.59. The molecule has 2 rings (SSSR count). The van der Waals surface area contributed by atoms with Crippen molar-refractivity contribution in [1.29, 1.82) is 0 Å². The smallest absolute Gasteiger partial charge is 0.259 e. The van der Waals surface area contributed by atoms with Crippen LogP contribution in [0.15, 0.2) is 18.2 Å². The molecule has 18 heavy (non-hydrogen) atoms. The Morgan fingerprint density at radius 2 is 2.00 bits per heavy atom. The van der Waals surface area contributed by atoms with E-state index in [0.29, 0.717) is 16.3 Å². The predicted octanol–water partition coefficient (Wildman–Crippen LogP) is 1.37. The van der Waals surface area contributed by atoms with Crippen molar-refractivity contribution in [2.24, 2.45) is 0 Å². The molecule has 1 saturated heterocycles. The Morgan fingerprint density at radius 3 is 2.50 bits per heavy atom. The molecule has 0 radical (unpaired) electrons. The summed E-state index contributed by atoms with van der Waals surface area (Å²) in [5.74, 6) is -0.406. The molecule has 2 N–H and O–H groups in total. The summed E-state index contributed by atoms with van der Waals surface area (Å²) in [6.07, 6.45) is 0. The number of rotatable bonds is 2. The van der Waals surface area contributed by atoms with Gasteiger partial charge in [-0.3, -0.25) is 4.79 Å². The number of nitrogens with zero attached hydrogens (tertiary/aromatic N) is 1. The van der Waals surface area contributed by atoms with Gasteiger partial charge < -0.3 is 5.73 Å². The average molecular weight is 289 g/mol. The number of hydrogen-bond acceptors (Lipinski definition) is 4. The van der Waals surface area contributed by atoms with E-state index in [-0.39, 0.29) is 6.54 Å². The molecule has 1 aromatic rings. The SMILES string of the molecule is CC1(C)C(=O)N(Cc2ccc(Cl)c(N)c2)S1(=O)=O. The summed E-state index contributed by atoms with van der Waals surface area (Å²) in [4.78, 5) is 11.7. The van der Waals surface area contributed by atoms with Crippen LogP contribution in [0.5, 0.6) is 0 Å². The van der Waals surface area contributed by atoms with Gasteiger partial charge >= 0.3 is 0 Å². The first-order valence-electron chi connectivity index (χ1n) is 5.28. The maximum Gasteiger partial charge on any atom is 0.259 e. The second kappa shape index (κ2) is 3.86. The Bertz CT molecular complexity index is 625. The van der Waals surface area contributed by atoms with Crippen LogP contribution >= 0.6 is 11.6 Å². The normalized spacial score (nSPS) is 20.6. The molecule has 98 valence electrons. The molecular weight excluding hydrogens is 276 g/mol. The number of hydrogen-bond donors (Lipinski definition) is 1. The molecule has 0 aromatic heterocycles. The molecular formula is C11H13ClN2O3S. The molecule has 1 heterocycles. The van der Waals surface area contributed by atoms with Gasteiger partial charge in [0, 0.05) is 0 Å². The number of carbonyl (C=O) groups excluding carboxylic acids is 1. The molecule has 0 saturated carbocycles. The van der Waals surface area contributed by atoms with Crippen molar-refractivity contribution < 1.29 is 13.2 Å². The molecule has 1 aromatic carbocycles. The van der Waals surface area contributed by atoms with Crippen LogP contribution in [0.3, 0.4) is 0 Å². The molecule has 1 aliphatic heterocycles. The van der Waals surface area contributed by atoms with Crippen LogP contribution in [0.4, 0.5) is 5.69 Å². The highest BCUT2D eigenvalue weighted by Crippen LogP contribution is 2.36. The lowest BCUT2D eigenvalue weighted by Crippen LogP contribution is -2.66. The van der Waals surface area contributed by atoms with Crippen molar-refractivity contribution in [3.63, 3.8) is 0 Å². The van der Waals surface area contributed by atoms with Crippen LogP contribution in [0.2, 0.25) is 5.02 Å². The van der Waals surface area contributed by atoms with Crippen molar-refractivity contribution in [1.82, 2.24) is 4.31 Å². The van der Waals surface area contributed by atoms with E-state index in [0.717, 1.165) is 4.31 Å². The first-order valence-corrected chi connectivity index (χ1v) is 7.10. The summed E-state index contributed by atoms with van der Waals surface area (Å²) >= 11 is 5.77. The van der Waals surface area contributed by atoms with Crippen molar-refractivity contribution in [3.8, 4) is 0 Å². The average Bonchev–Trinajstić information content (AvgIpc) is 2.29. The van der Waals surface area contributed by atoms with Crippen molar-refractivity contribution in [2.75, 3.05) is 5.73 Å². The van der Waals surface area contributed by atoms with E-state index in [9.17, 15) is 13.2 Å². The first kappa shape index (κ1) is 13.2. The van der Waals surface area contributed by atoms with Gasteiger partial charge in [0.25, 0.3) is 15.9 Å². The Kier molecular flexibility index (Phi) is 2.82. The van der Waals surface area contributed by atoms with E-state index in [4.69, 9.17) is 17.3 Å². The Balaban J connectivity index is 2.27. The van der Waals surface area contributed by atoms with Gasteiger partial charge in [0.2, 0.25) is 0 Å². The summed E-state index contributed by atoms with van der Waals surface area (Å²) in [6, 6.07) is 4.79. The third-order valence-corrected chi connectivity index (χ3v) is 5.75. The molecule has 0 spiro atoms. The first-order chi connectivity index (χ1) is 8.18. The third kappa shape index (κ3) is 1.67. The molecule has 1 fully saturated rings. The lowest BCUT2D eigenvalue weighted by atomic mass is 10.1. The fraction of sp³-hybridized carbons (Fsp3) is 0.364. The van der Waals surface area contributed by atoms with Crippen molar-refractivity contribution in [3.05, 3.63) is 28.8 Å². The molecule has 0 unspecified atom stereocenters. The highest BCUT2D eigenvalue weighted by atomic mass is 35.5. The maximum atomic E-state index is 11.9. The Hall–Kier alpha value is -1.27. The van der Waals surface area contributed by atoms with Gasteiger partial charge in [-0.15, -0.1) is 0 Å². The van der Waals surface area contributed by atoms with Gasteiger partial charge in [0.1, 0.15) is 0 Å². The van der Waals surface area contributed by atoms with E-state index in [1.165, 1.54) is 13.8 Å². The van der Waals surface area contributed by atoms with E-state index >= 15 is 0 Å². The number of amides is 1. The number of carbonyl (C=O) groups is 1. The summed E-state index contributed by atoms with van der Waals surface area (Å²) < 4.78 is 23.3. The second-order valence-electron chi connectivity index (χ2n) is 4.68. The molecule has 0 atom stereocenters. The zero-order valence-corrected chi connectivity index (χ0v) is 11.5. The van der Waals surface area contributed by atoms with Crippen LogP contribution in [-0.4, -0.2) is 23.4 Å². The van der Waals surface area contributed by atoms with Crippen LogP contribution in [-0.2, 0) is 21.4 Å². The standard InChI is InChI=1S/C11H13ClN2O3S/c1-11(2)10(15)14(18(11,16)17)6-7-3-4-8(12)9(13)5-7/h3-5H,6,13H2,1-2H3. The number of nitrogen functional groups attached to an aromatic ring is 1. The van der Waals surface area contributed by atoms with Gasteiger partial charge in [-0.25, -0.2) is 12.7 Å². The van der Waals surface area contributed by atoms with Gasteiger partial charge in [-0.1, -0.05) is 17.7 Å². The number of halogens is 1. The molecule has 1 amide bonds. The Morgan fingerprint density at radius 1 is 1.39 bits per heavy atom. The third-order valence-electron chi connectivity index (χ3n) is 3.06. The molecule has 0 aliphatic carbocycles. The van der Waals surface area contributed by atoms with Crippen LogP contribution < -0.4 is 5.73 Å². The minimum atomic E-state index is -3.56. The van der Waals surface area contributed by atoms with Crippen molar-refractivity contribution in [2.45, 2.75) is 25.1 Å². The van der Waals surface area contributed by atoms with Gasteiger partial charge in [-0.2, -0.15) is 0 Å². The monoisotopic (exact) mass is 288 g/mol. The number of benzene rings is 1. The zero-order valence-electron chi connectivity index (χ0n) is 9.97. The summed E-state index contributed by atoms with van der Waals surface area (Å²) in [7, 11) is -3.56. The van der Waals surface area contributed by atoms with Gasteiger partial charge in [-0.05, 0) is 31.5 Å². The fourth-order valence-corrected chi connectivity index (χ4v) is 3.40. The summed E-state index contributed by atoms with van der Waals surface area (Å²) in [5, 5.41) is 0.400. The predicted molar refractivity (Wildman–Crippen MR) is 69.4 cm³/mol. The summed E-state index contributed by atoms with van der Waals surface area (Å²) in [5.41, 5.74) is 6.62. The second-order valence-corrected chi connectivity index (χ2v) is 7.50. The van der Waals surface area contributed by atoms with Gasteiger partial charge in [0.15, 0.2) is 4.75 Å². The van der Waals surface area contributed by atoms with Crippen LogP contribution in [0.1, 0.15) is 19.4 Å². The van der Waals surface area contributed by atoms with E-state index in [1.807, 2.05) is 0 Å². The maximum absolute atomic E-state index is 11.9. The quantitative estimate of drug-likeness (QED) is 0.834. The van der Waals surface area contributed by atoms with E-state index in [2.05, 4.69) is 0 Å². The van der Waals surface area contributed by atoms with E-state index < -0.39 is 20.7 Å². The molecule has 1 aliphatic rings. The minimum Gasteiger partial charge on any atom is -0.398 e. The topological polar surface area (TPSA) is 80.5 Å². The highest BCUT2D eigenvalue weighted by molar-refractivity contribution is 7.94. The van der Waals surface area contributed by atoms with Crippen LogP contribution in [0, 0.1) is 0 Å². The largest absolute Gasteiger partial charge is 0.398 e. The lowest BCUT2D eigenvalue weighted by molar-refractivity contribution is -0.132. The van der Waals surface area contributed by atoms with Crippen molar-refractivity contribution >= 4 is 33.2 Å². The number of anilines is 1. The summed E-state index contributed by atoms with van der Waals surface area (Å²) in [6.45, 7) is 2.79. The zero-order chi connectivity index (χ0) is 13.7. The lowest BCUT2D eigenvalue weighted by Gasteiger charge is -2.43. The minimum absolute atomic E-state index is 0.00797. The molecule has 7 heteroatoms.